The molecule has 2 fully saturated rings. The monoisotopic (exact) mass is 458 g/mol. The van der Waals surface area contributed by atoms with E-state index in [1.54, 1.807) is 6.07 Å². The molecule has 34 heavy (non-hydrogen) atoms. The second kappa shape index (κ2) is 10.5. The van der Waals surface area contributed by atoms with Crippen LogP contribution in [0.25, 0.3) is 0 Å². The maximum Gasteiger partial charge on any atom is 0.124 e. The van der Waals surface area contributed by atoms with Gasteiger partial charge in [0.25, 0.3) is 0 Å². The molecule has 3 aromatic rings. The molecule has 0 aromatic heterocycles. The van der Waals surface area contributed by atoms with Gasteiger partial charge in [0.2, 0.25) is 0 Å². The van der Waals surface area contributed by atoms with Gasteiger partial charge >= 0.3 is 0 Å². The lowest BCUT2D eigenvalue weighted by Gasteiger charge is -2.36. The number of aromatic hydroxyl groups is 1. The van der Waals surface area contributed by atoms with Gasteiger partial charge in [0.1, 0.15) is 18.1 Å². The van der Waals surface area contributed by atoms with Gasteiger partial charge in [0.15, 0.2) is 0 Å². The van der Waals surface area contributed by atoms with Crippen molar-refractivity contribution in [3.05, 3.63) is 90.0 Å². The number of ether oxygens (including phenoxy) is 1. The summed E-state index contributed by atoms with van der Waals surface area (Å²) in [7, 11) is 0. The molecule has 3 aromatic carbocycles. The van der Waals surface area contributed by atoms with Gasteiger partial charge in [-0.3, -0.25) is 10.3 Å². The fraction of sp³-hybridized carbons (Fsp3) is 0.357. The molecule has 6 heteroatoms. The van der Waals surface area contributed by atoms with E-state index in [1.165, 1.54) is 11.3 Å². The first-order chi connectivity index (χ1) is 16.7. The predicted molar refractivity (Wildman–Crippen MR) is 136 cm³/mol. The first-order valence-corrected chi connectivity index (χ1v) is 12.2. The van der Waals surface area contributed by atoms with Crippen LogP contribution in [0.1, 0.15) is 30.0 Å². The molecule has 0 saturated carbocycles. The summed E-state index contributed by atoms with van der Waals surface area (Å²) in [4.78, 5) is 4.87. The highest BCUT2D eigenvalue weighted by atomic mass is 16.5. The van der Waals surface area contributed by atoms with Gasteiger partial charge in [-0.05, 0) is 30.7 Å². The minimum atomic E-state index is -0.00707. The number of phenolic OH excluding ortho intramolecular Hbond substituents is 1. The summed E-state index contributed by atoms with van der Waals surface area (Å²) in [6.45, 7) is 7.78. The summed E-state index contributed by atoms with van der Waals surface area (Å²) >= 11 is 0. The number of nitrogens with one attached hydrogen (secondary N) is 2. The molecule has 6 nitrogen and oxygen atoms in total. The predicted octanol–water partition coefficient (Wildman–Crippen LogP) is 3.91. The summed E-state index contributed by atoms with van der Waals surface area (Å²) in [5, 5.41) is 10.8. The number of piperazine rings is 1. The van der Waals surface area contributed by atoms with E-state index >= 15 is 0 Å². The van der Waals surface area contributed by atoms with Gasteiger partial charge in [-0.2, -0.15) is 0 Å². The second-order valence-electron chi connectivity index (χ2n) is 9.22. The molecule has 3 N–H and O–H groups in total. The highest BCUT2D eigenvalue weighted by molar-refractivity contribution is 5.46. The Bertz CT molecular complexity index is 1050. The zero-order valence-corrected chi connectivity index (χ0v) is 19.7. The van der Waals surface area contributed by atoms with Crippen molar-refractivity contribution in [3.8, 4) is 11.5 Å². The number of phenols is 1. The molecule has 0 spiro atoms. The van der Waals surface area contributed by atoms with Crippen LogP contribution in [0.15, 0.2) is 78.9 Å². The van der Waals surface area contributed by atoms with E-state index in [4.69, 9.17) is 4.74 Å². The lowest BCUT2D eigenvalue weighted by Crippen LogP contribution is -2.47. The smallest absolute Gasteiger partial charge is 0.124 e. The molecular weight excluding hydrogens is 424 g/mol. The van der Waals surface area contributed by atoms with Gasteiger partial charge < -0.3 is 14.7 Å². The Kier molecular flexibility index (Phi) is 7.00. The molecule has 2 aliphatic rings. The summed E-state index contributed by atoms with van der Waals surface area (Å²) < 4.78 is 6.00. The summed E-state index contributed by atoms with van der Waals surface area (Å²) in [5.41, 5.74) is 10.1. The molecule has 178 valence electrons. The summed E-state index contributed by atoms with van der Waals surface area (Å²) in [5.74, 6) is 1.20. The van der Waals surface area contributed by atoms with Crippen molar-refractivity contribution in [1.29, 1.82) is 0 Å². The van der Waals surface area contributed by atoms with E-state index in [0.717, 1.165) is 38.3 Å². The lowest BCUT2D eigenvalue weighted by atomic mass is 9.84. The van der Waals surface area contributed by atoms with Gasteiger partial charge in [0.05, 0.1) is 6.04 Å². The largest absolute Gasteiger partial charge is 0.507 e. The van der Waals surface area contributed by atoms with Gasteiger partial charge in [-0.15, -0.1) is 0 Å². The Morgan fingerprint density at radius 1 is 0.882 bits per heavy atom. The highest BCUT2D eigenvalue weighted by Gasteiger charge is 2.36. The summed E-state index contributed by atoms with van der Waals surface area (Å²) in [6.07, 6.45) is 0. The summed E-state index contributed by atoms with van der Waals surface area (Å²) in [6, 6.07) is 27.0. The minimum absolute atomic E-state index is 0.00707. The van der Waals surface area contributed by atoms with Crippen molar-refractivity contribution in [2.75, 3.05) is 44.2 Å². The molecule has 5 rings (SSSR count). The van der Waals surface area contributed by atoms with Crippen LogP contribution in [0.3, 0.4) is 0 Å². The molecule has 3 atom stereocenters. The minimum Gasteiger partial charge on any atom is -0.507 e. The van der Waals surface area contributed by atoms with Crippen molar-refractivity contribution in [3.63, 3.8) is 0 Å². The van der Waals surface area contributed by atoms with E-state index in [9.17, 15) is 5.11 Å². The molecule has 0 aliphatic carbocycles. The van der Waals surface area contributed by atoms with Crippen LogP contribution in [0.2, 0.25) is 0 Å². The molecule has 2 heterocycles. The topological polar surface area (TPSA) is 60.0 Å². The standard InChI is InChI=1S/C28H34N4O2/c1-21-27(22-8-4-2-5-9-22)28(30-29-21)25-13-12-24(20-26(25)33)34-19-18-31-14-16-32(17-15-31)23-10-6-3-7-11-23/h2-13,20-21,27-30,33H,14-19H2,1H3. The zero-order chi connectivity index (χ0) is 23.3. The van der Waals surface area contributed by atoms with Gasteiger partial charge in [-0.1, -0.05) is 54.6 Å². The molecule has 0 radical (unpaired) electrons. The van der Waals surface area contributed by atoms with Crippen molar-refractivity contribution in [2.45, 2.75) is 24.9 Å². The van der Waals surface area contributed by atoms with Crippen LogP contribution in [0, 0.1) is 0 Å². The van der Waals surface area contributed by atoms with Gasteiger partial charge in [0, 0.05) is 62.0 Å². The normalized spacial score (nSPS) is 23.2. The highest BCUT2D eigenvalue weighted by Crippen LogP contribution is 2.41. The third-order valence-electron chi connectivity index (χ3n) is 7.06. The number of para-hydroxylation sites is 1. The first kappa shape index (κ1) is 22.7. The van der Waals surface area contributed by atoms with Crippen LogP contribution < -0.4 is 20.5 Å². The fourth-order valence-electron chi connectivity index (χ4n) is 5.15. The number of nitrogens with zero attached hydrogens (tertiary/aromatic N) is 2. The molecule has 3 unspecified atom stereocenters. The maximum atomic E-state index is 10.8. The van der Waals surface area contributed by atoms with E-state index in [-0.39, 0.29) is 23.8 Å². The number of hydrogen-bond donors (Lipinski definition) is 3. The number of anilines is 1. The Labute approximate surface area is 202 Å². The quantitative estimate of drug-likeness (QED) is 0.499. The SMILES string of the molecule is CC1NNC(c2ccc(OCCN3CCN(c4ccccc4)CC3)cc2O)C1c1ccccc1. The van der Waals surface area contributed by atoms with Crippen LogP contribution in [-0.2, 0) is 0 Å². The van der Waals surface area contributed by atoms with Crippen molar-refractivity contribution >= 4 is 5.69 Å². The third-order valence-corrected chi connectivity index (χ3v) is 7.06. The molecule has 2 aliphatic heterocycles. The van der Waals surface area contributed by atoms with E-state index < -0.39 is 0 Å². The zero-order valence-electron chi connectivity index (χ0n) is 19.7. The average molecular weight is 459 g/mol. The van der Waals surface area contributed by atoms with Gasteiger partial charge in [-0.25, -0.2) is 5.43 Å². The number of rotatable bonds is 7. The van der Waals surface area contributed by atoms with Crippen LogP contribution in [-0.4, -0.2) is 55.4 Å². The first-order valence-electron chi connectivity index (χ1n) is 12.2. The van der Waals surface area contributed by atoms with Crippen LogP contribution in [0.4, 0.5) is 5.69 Å². The fourth-order valence-corrected chi connectivity index (χ4v) is 5.15. The van der Waals surface area contributed by atoms with Crippen molar-refractivity contribution in [2.24, 2.45) is 0 Å². The number of hydrogen-bond acceptors (Lipinski definition) is 6. The Morgan fingerprint density at radius 3 is 2.29 bits per heavy atom. The molecular formula is C28H34N4O2. The Balaban J connectivity index is 1.14. The van der Waals surface area contributed by atoms with Crippen LogP contribution >= 0.6 is 0 Å². The second-order valence-corrected chi connectivity index (χ2v) is 9.22. The Hall–Kier alpha value is -3.06. The number of benzene rings is 3. The Morgan fingerprint density at radius 2 is 1.59 bits per heavy atom. The molecule has 0 amide bonds. The van der Waals surface area contributed by atoms with E-state index in [2.05, 4.69) is 82.2 Å². The van der Waals surface area contributed by atoms with E-state index in [1.807, 2.05) is 18.2 Å². The molecule has 2 saturated heterocycles. The van der Waals surface area contributed by atoms with Crippen molar-refractivity contribution < 1.29 is 9.84 Å². The average Bonchev–Trinajstić information content (AvgIpc) is 3.26. The number of hydrazine groups is 1. The molecule has 0 bridgehead atoms. The third kappa shape index (κ3) is 5.04. The van der Waals surface area contributed by atoms with E-state index in [0.29, 0.717) is 12.4 Å². The van der Waals surface area contributed by atoms with Crippen LogP contribution in [0.5, 0.6) is 11.5 Å². The van der Waals surface area contributed by atoms with Crippen molar-refractivity contribution in [1.82, 2.24) is 15.8 Å². The maximum absolute atomic E-state index is 10.8. The lowest BCUT2D eigenvalue weighted by molar-refractivity contribution is 0.200.